The molecule has 0 aliphatic carbocycles. The van der Waals surface area contributed by atoms with Crippen LogP contribution in [-0.4, -0.2) is 18.0 Å². The van der Waals surface area contributed by atoms with E-state index in [-0.39, 0.29) is 0 Å². The lowest BCUT2D eigenvalue weighted by atomic mass is 10.0. The maximum Gasteiger partial charge on any atom is 0.0233 e. The van der Waals surface area contributed by atoms with Crippen LogP contribution in [-0.2, 0) is 13.0 Å². The maximum absolute atomic E-state index is 2.37. The summed E-state index contributed by atoms with van der Waals surface area (Å²) in [6.45, 7) is 10.1. The molecule has 16 heavy (non-hydrogen) atoms. The molecule has 0 saturated carbocycles. The molecule has 0 amide bonds. The molecule has 1 aromatic rings. The Bertz CT molecular complexity index is 315. The zero-order valence-electron chi connectivity index (χ0n) is 11.3. The van der Waals surface area contributed by atoms with Gasteiger partial charge >= 0.3 is 0 Å². The minimum atomic E-state index is 0.605. The molecule has 0 fully saturated rings. The maximum atomic E-state index is 2.37. The van der Waals surface area contributed by atoms with E-state index in [4.69, 9.17) is 0 Å². The van der Waals surface area contributed by atoms with E-state index < -0.39 is 0 Å². The second-order valence-electron chi connectivity index (χ2n) is 5.43. The average Bonchev–Trinajstić information content (AvgIpc) is 2.16. The van der Waals surface area contributed by atoms with E-state index >= 15 is 0 Å². The lowest BCUT2D eigenvalue weighted by molar-refractivity contribution is 0.265. The molecule has 1 aromatic carbocycles. The van der Waals surface area contributed by atoms with E-state index in [0.29, 0.717) is 6.04 Å². The zero-order chi connectivity index (χ0) is 12.1. The minimum Gasteiger partial charge on any atom is -0.300 e. The van der Waals surface area contributed by atoms with Gasteiger partial charge in [0.2, 0.25) is 0 Å². The first-order valence-corrected chi connectivity index (χ1v) is 6.27. The molecule has 0 atom stereocenters. The Morgan fingerprint density at radius 2 is 1.69 bits per heavy atom. The van der Waals surface area contributed by atoms with Gasteiger partial charge in [0.15, 0.2) is 0 Å². The molecule has 90 valence electrons. The molecule has 0 heterocycles. The Hall–Kier alpha value is -0.820. The summed E-state index contributed by atoms with van der Waals surface area (Å²) in [4.78, 5) is 2.37. The molecule has 0 N–H and O–H groups in total. The summed E-state index contributed by atoms with van der Waals surface area (Å²) >= 11 is 0. The molecule has 0 aliphatic rings. The van der Waals surface area contributed by atoms with Crippen molar-refractivity contribution in [1.29, 1.82) is 0 Å². The van der Waals surface area contributed by atoms with Gasteiger partial charge in [0, 0.05) is 12.6 Å². The van der Waals surface area contributed by atoms with Crippen molar-refractivity contribution in [3.63, 3.8) is 0 Å². The third kappa shape index (κ3) is 4.36. The Kier molecular flexibility index (Phi) is 5.01. The normalized spacial score (nSPS) is 11.8. The van der Waals surface area contributed by atoms with Crippen LogP contribution in [0.2, 0.25) is 0 Å². The molecule has 0 saturated heterocycles. The molecule has 1 heteroatoms. The highest BCUT2D eigenvalue weighted by Crippen LogP contribution is 2.12. The first kappa shape index (κ1) is 13.2. The van der Waals surface area contributed by atoms with Crippen molar-refractivity contribution in [3.8, 4) is 0 Å². The van der Waals surface area contributed by atoms with Gasteiger partial charge in [-0.3, -0.25) is 4.90 Å². The Labute approximate surface area is 100 Å². The van der Waals surface area contributed by atoms with Gasteiger partial charge in [0.05, 0.1) is 0 Å². The second kappa shape index (κ2) is 6.05. The number of benzene rings is 1. The molecule has 0 radical (unpaired) electrons. The summed E-state index contributed by atoms with van der Waals surface area (Å²) in [5.74, 6) is 0.734. The van der Waals surface area contributed by atoms with Crippen molar-refractivity contribution in [1.82, 2.24) is 4.90 Å². The summed E-state index contributed by atoms with van der Waals surface area (Å²) in [6, 6.07) is 9.59. The van der Waals surface area contributed by atoms with Gasteiger partial charge in [0.25, 0.3) is 0 Å². The quantitative estimate of drug-likeness (QED) is 0.729. The molecule has 0 spiro atoms. The Morgan fingerprint density at radius 1 is 1.06 bits per heavy atom. The van der Waals surface area contributed by atoms with Gasteiger partial charge in [0.1, 0.15) is 0 Å². The second-order valence-corrected chi connectivity index (χ2v) is 5.43. The van der Waals surface area contributed by atoms with Crippen molar-refractivity contribution in [2.75, 3.05) is 7.05 Å². The van der Waals surface area contributed by atoms with Crippen LogP contribution in [0.1, 0.15) is 38.8 Å². The monoisotopic (exact) mass is 219 g/mol. The van der Waals surface area contributed by atoms with E-state index in [2.05, 4.69) is 63.9 Å². The van der Waals surface area contributed by atoms with E-state index in [0.717, 1.165) is 12.5 Å². The average molecular weight is 219 g/mol. The van der Waals surface area contributed by atoms with Crippen LogP contribution in [0, 0.1) is 5.92 Å². The third-order valence-corrected chi connectivity index (χ3v) is 2.95. The van der Waals surface area contributed by atoms with Crippen molar-refractivity contribution in [2.24, 2.45) is 5.92 Å². The van der Waals surface area contributed by atoms with E-state index in [1.165, 1.54) is 17.5 Å². The molecule has 0 aliphatic heterocycles. The van der Waals surface area contributed by atoms with Crippen LogP contribution >= 0.6 is 0 Å². The predicted octanol–water partition coefficient (Wildman–Crippen LogP) is 3.73. The highest BCUT2D eigenvalue weighted by atomic mass is 15.1. The smallest absolute Gasteiger partial charge is 0.0233 e. The number of rotatable bonds is 5. The van der Waals surface area contributed by atoms with Gasteiger partial charge in [-0.25, -0.2) is 0 Å². The molecule has 0 bridgehead atoms. The highest BCUT2D eigenvalue weighted by molar-refractivity contribution is 5.23. The fourth-order valence-corrected chi connectivity index (χ4v) is 1.80. The fourth-order valence-electron chi connectivity index (χ4n) is 1.80. The number of hydrogen-bond acceptors (Lipinski definition) is 1. The molecule has 1 rings (SSSR count). The summed E-state index contributed by atoms with van der Waals surface area (Å²) in [6.07, 6.45) is 1.18. The standard InChI is InChI=1S/C15H25N/c1-12(2)9-14-7-6-8-15(10-14)11-16(5)13(3)4/h6-8,10,12-13H,9,11H2,1-5H3. The fraction of sp³-hybridized carbons (Fsp3) is 0.600. The van der Waals surface area contributed by atoms with Gasteiger partial charge in [-0.05, 0) is 44.4 Å². The van der Waals surface area contributed by atoms with Crippen molar-refractivity contribution in [2.45, 2.75) is 46.7 Å². The molecule has 1 nitrogen and oxygen atoms in total. The van der Waals surface area contributed by atoms with Gasteiger partial charge in [-0.1, -0.05) is 38.1 Å². The van der Waals surface area contributed by atoms with Gasteiger partial charge in [-0.15, -0.1) is 0 Å². The van der Waals surface area contributed by atoms with Gasteiger partial charge in [-0.2, -0.15) is 0 Å². The van der Waals surface area contributed by atoms with Crippen LogP contribution < -0.4 is 0 Å². The first-order chi connectivity index (χ1) is 7.49. The number of hydrogen-bond donors (Lipinski definition) is 0. The van der Waals surface area contributed by atoms with Crippen LogP contribution in [0.3, 0.4) is 0 Å². The highest BCUT2D eigenvalue weighted by Gasteiger charge is 2.05. The summed E-state index contributed by atoms with van der Waals surface area (Å²) < 4.78 is 0. The molecular weight excluding hydrogens is 194 g/mol. The first-order valence-electron chi connectivity index (χ1n) is 6.27. The van der Waals surface area contributed by atoms with Crippen molar-refractivity contribution < 1.29 is 0 Å². The van der Waals surface area contributed by atoms with Crippen LogP contribution in [0.5, 0.6) is 0 Å². The third-order valence-electron chi connectivity index (χ3n) is 2.95. The van der Waals surface area contributed by atoms with E-state index in [1.807, 2.05) is 0 Å². The minimum absolute atomic E-state index is 0.605. The topological polar surface area (TPSA) is 3.24 Å². The van der Waals surface area contributed by atoms with Crippen LogP contribution in [0.15, 0.2) is 24.3 Å². The van der Waals surface area contributed by atoms with E-state index in [1.54, 1.807) is 0 Å². The van der Waals surface area contributed by atoms with E-state index in [9.17, 15) is 0 Å². The predicted molar refractivity (Wildman–Crippen MR) is 71.6 cm³/mol. The van der Waals surface area contributed by atoms with Crippen LogP contribution in [0.4, 0.5) is 0 Å². The van der Waals surface area contributed by atoms with Gasteiger partial charge < -0.3 is 0 Å². The lowest BCUT2D eigenvalue weighted by Gasteiger charge is -2.21. The van der Waals surface area contributed by atoms with Crippen molar-refractivity contribution >= 4 is 0 Å². The molecule has 0 unspecified atom stereocenters. The summed E-state index contributed by atoms with van der Waals surface area (Å²) in [7, 11) is 2.18. The molecule has 0 aromatic heterocycles. The zero-order valence-corrected chi connectivity index (χ0v) is 11.3. The van der Waals surface area contributed by atoms with Crippen LogP contribution in [0.25, 0.3) is 0 Å². The van der Waals surface area contributed by atoms with Crippen molar-refractivity contribution in [3.05, 3.63) is 35.4 Å². The lowest BCUT2D eigenvalue weighted by Crippen LogP contribution is -2.25. The largest absolute Gasteiger partial charge is 0.300 e. The molecular formula is C15H25N. The Morgan fingerprint density at radius 3 is 2.25 bits per heavy atom. The Balaban J connectivity index is 2.67. The number of nitrogens with zero attached hydrogens (tertiary/aromatic N) is 1. The summed E-state index contributed by atoms with van der Waals surface area (Å²) in [5, 5.41) is 0. The SMILES string of the molecule is CC(C)Cc1cccc(CN(C)C(C)C)c1. The summed E-state index contributed by atoms with van der Waals surface area (Å²) in [5.41, 5.74) is 2.89.